The SMILES string of the molecule is O=C(C[C@H](c1ccccc1)c1ccc(F)cc1)NCc1cc2n(n1)CCNC2. The third-order valence-electron chi connectivity index (χ3n) is 5.05. The van der Waals surface area contributed by atoms with Gasteiger partial charge in [-0.2, -0.15) is 5.10 Å². The number of nitrogens with one attached hydrogen (secondary N) is 2. The minimum absolute atomic E-state index is 0.0534. The molecular formula is C22H23FN4O. The number of carbonyl (C=O) groups excluding carboxylic acids is 1. The van der Waals surface area contributed by atoms with Gasteiger partial charge in [0.25, 0.3) is 0 Å². The molecule has 4 rings (SSSR count). The summed E-state index contributed by atoms with van der Waals surface area (Å²) in [6.45, 7) is 2.98. The normalized spacial score (nSPS) is 14.3. The smallest absolute Gasteiger partial charge is 0.221 e. The summed E-state index contributed by atoms with van der Waals surface area (Å²) >= 11 is 0. The Balaban J connectivity index is 1.44. The topological polar surface area (TPSA) is 59.0 Å². The van der Waals surface area contributed by atoms with E-state index in [1.165, 1.54) is 12.1 Å². The number of hydrogen-bond acceptors (Lipinski definition) is 3. The van der Waals surface area contributed by atoms with Crippen molar-refractivity contribution in [1.82, 2.24) is 20.4 Å². The van der Waals surface area contributed by atoms with E-state index in [1.807, 2.05) is 41.1 Å². The molecule has 1 aromatic heterocycles. The van der Waals surface area contributed by atoms with E-state index in [1.54, 1.807) is 12.1 Å². The molecule has 1 aliphatic rings. The highest BCUT2D eigenvalue weighted by Gasteiger charge is 2.19. The molecule has 28 heavy (non-hydrogen) atoms. The predicted molar refractivity (Wildman–Crippen MR) is 105 cm³/mol. The van der Waals surface area contributed by atoms with Gasteiger partial charge in [-0.05, 0) is 29.3 Å². The number of nitrogens with zero attached hydrogens (tertiary/aromatic N) is 2. The second-order valence-electron chi connectivity index (χ2n) is 7.02. The summed E-state index contributed by atoms with van der Waals surface area (Å²) in [5, 5.41) is 10.8. The van der Waals surface area contributed by atoms with Gasteiger partial charge in [0.2, 0.25) is 5.91 Å². The van der Waals surface area contributed by atoms with Gasteiger partial charge in [-0.15, -0.1) is 0 Å². The van der Waals surface area contributed by atoms with Crippen molar-refractivity contribution in [2.24, 2.45) is 0 Å². The molecule has 0 radical (unpaired) electrons. The molecule has 0 spiro atoms. The van der Waals surface area contributed by atoms with Crippen molar-refractivity contribution in [3.63, 3.8) is 0 Å². The molecule has 0 saturated heterocycles. The zero-order valence-corrected chi connectivity index (χ0v) is 15.6. The molecule has 3 aromatic rings. The van der Waals surface area contributed by atoms with Crippen LogP contribution in [0.3, 0.4) is 0 Å². The zero-order chi connectivity index (χ0) is 19.3. The first kappa shape index (κ1) is 18.4. The lowest BCUT2D eigenvalue weighted by Crippen LogP contribution is -2.28. The van der Waals surface area contributed by atoms with Gasteiger partial charge in [0.1, 0.15) is 5.82 Å². The van der Waals surface area contributed by atoms with Gasteiger partial charge in [-0.1, -0.05) is 42.5 Å². The number of benzene rings is 2. The van der Waals surface area contributed by atoms with Gasteiger partial charge in [0, 0.05) is 25.4 Å². The van der Waals surface area contributed by atoms with Gasteiger partial charge >= 0.3 is 0 Å². The number of aromatic nitrogens is 2. The van der Waals surface area contributed by atoms with Crippen LogP contribution in [0, 0.1) is 5.82 Å². The van der Waals surface area contributed by atoms with E-state index in [9.17, 15) is 9.18 Å². The van der Waals surface area contributed by atoms with E-state index in [4.69, 9.17) is 0 Å². The molecule has 2 aromatic carbocycles. The van der Waals surface area contributed by atoms with Crippen LogP contribution < -0.4 is 10.6 Å². The number of amides is 1. The van der Waals surface area contributed by atoms with Crippen LogP contribution in [0.4, 0.5) is 4.39 Å². The lowest BCUT2D eigenvalue weighted by atomic mass is 9.88. The fourth-order valence-electron chi connectivity index (χ4n) is 3.59. The summed E-state index contributed by atoms with van der Waals surface area (Å²) in [6, 6.07) is 18.2. The quantitative estimate of drug-likeness (QED) is 0.693. The molecule has 0 bridgehead atoms. The Hall–Kier alpha value is -2.99. The summed E-state index contributed by atoms with van der Waals surface area (Å²) in [7, 11) is 0. The standard InChI is InChI=1S/C22H23FN4O/c23-18-8-6-17(7-9-18)21(16-4-2-1-3-5-16)13-22(28)25-14-19-12-20-15-24-10-11-27(20)26-19/h1-9,12,21,24H,10-11,13-15H2,(H,25,28)/t21-/m1/s1. The Labute approximate surface area is 163 Å². The third-order valence-corrected chi connectivity index (χ3v) is 5.05. The number of carbonyl (C=O) groups is 1. The van der Waals surface area contributed by atoms with Crippen molar-refractivity contribution in [1.29, 1.82) is 0 Å². The fraction of sp³-hybridized carbons (Fsp3) is 0.273. The minimum Gasteiger partial charge on any atom is -0.350 e. The molecule has 144 valence electrons. The summed E-state index contributed by atoms with van der Waals surface area (Å²) in [5.41, 5.74) is 3.97. The summed E-state index contributed by atoms with van der Waals surface area (Å²) in [6.07, 6.45) is 0.296. The van der Waals surface area contributed by atoms with Crippen LogP contribution in [0.2, 0.25) is 0 Å². The Morgan fingerprint density at radius 3 is 2.64 bits per heavy atom. The second-order valence-corrected chi connectivity index (χ2v) is 7.02. The molecule has 0 unspecified atom stereocenters. The first-order valence-electron chi connectivity index (χ1n) is 9.52. The minimum atomic E-state index is -0.279. The predicted octanol–water partition coefficient (Wildman–Crippen LogP) is 2.96. The molecule has 6 heteroatoms. The molecule has 0 aliphatic carbocycles. The highest BCUT2D eigenvalue weighted by Crippen LogP contribution is 2.28. The van der Waals surface area contributed by atoms with Gasteiger partial charge in [0.05, 0.1) is 24.5 Å². The second kappa shape index (κ2) is 8.35. The van der Waals surface area contributed by atoms with E-state index in [0.29, 0.717) is 13.0 Å². The van der Waals surface area contributed by atoms with Crippen LogP contribution in [0.5, 0.6) is 0 Å². The lowest BCUT2D eigenvalue weighted by molar-refractivity contribution is -0.121. The van der Waals surface area contributed by atoms with Crippen molar-refractivity contribution in [2.75, 3.05) is 6.54 Å². The molecule has 2 heterocycles. The third kappa shape index (κ3) is 4.28. The van der Waals surface area contributed by atoms with Gasteiger partial charge in [-0.3, -0.25) is 9.48 Å². The number of fused-ring (bicyclic) bond motifs is 1. The Kier molecular flexibility index (Phi) is 5.48. The number of rotatable bonds is 6. The summed E-state index contributed by atoms with van der Waals surface area (Å²) in [5.74, 6) is -0.457. The van der Waals surface area contributed by atoms with Crippen LogP contribution in [-0.2, 0) is 24.4 Å². The molecular weight excluding hydrogens is 355 g/mol. The van der Waals surface area contributed by atoms with Crippen LogP contribution in [0.15, 0.2) is 60.7 Å². The van der Waals surface area contributed by atoms with Crippen LogP contribution in [-0.4, -0.2) is 22.2 Å². The Morgan fingerprint density at radius 2 is 1.89 bits per heavy atom. The fourth-order valence-corrected chi connectivity index (χ4v) is 3.59. The molecule has 0 fully saturated rings. The zero-order valence-electron chi connectivity index (χ0n) is 15.6. The van der Waals surface area contributed by atoms with Crippen LogP contribution in [0.1, 0.15) is 34.9 Å². The lowest BCUT2D eigenvalue weighted by Gasteiger charge is -2.18. The molecule has 1 aliphatic heterocycles. The molecule has 1 amide bonds. The van der Waals surface area contributed by atoms with E-state index in [2.05, 4.69) is 15.7 Å². The Bertz CT molecular complexity index is 913. The number of halogens is 1. The molecule has 2 N–H and O–H groups in total. The van der Waals surface area contributed by atoms with Crippen LogP contribution >= 0.6 is 0 Å². The van der Waals surface area contributed by atoms with E-state index >= 15 is 0 Å². The first-order chi connectivity index (χ1) is 13.7. The Morgan fingerprint density at radius 1 is 1.14 bits per heavy atom. The summed E-state index contributed by atoms with van der Waals surface area (Å²) in [4.78, 5) is 12.7. The first-order valence-corrected chi connectivity index (χ1v) is 9.52. The van der Waals surface area contributed by atoms with Crippen LogP contribution in [0.25, 0.3) is 0 Å². The van der Waals surface area contributed by atoms with Crippen molar-refractivity contribution >= 4 is 5.91 Å². The van der Waals surface area contributed by atoms with Crippen molar-refractivity contribution in [3.8, 4) is 0 Å². The van der Waals surface area contributed by atoms with Gasteiger partial charge in [0.15, 0.2) is 0 Å². The molecule has 5 nitrogen and oxygen atoms in total. The van der Waals surface area contributed by atoms with E-state index in [-0.39, 0.29) is 17.6 Å². The largest absolute Gasteiger partial charge is 0.350 e. The van der Waals surface area contributed by atoms with Crippen molar-refractivity contribution < 1.29 is 9.18 Å². The van der Waals surface area contributed by atoms with Crippen molar-refractivity contribution in [2.45, 2.75) is 32.0 Å². The monoisotopic (exact) mass is 378 g/mol. The molecule has 1 atom stereocenters. The maximum atomic E-state index is 13.3. The maximum Gasteiger partial charge on any atom is 0.221 e. The highest BCUT2D eigenvalue weighted by atomic mass is 19.1. The number of hydrogen-bond donors (Lipinski definition) is 2. The van der Waals surface area contributed by atoms with Gasteiger partial charge in [-0.25, -0.2) is 4.39 Å². The summed E-state index contributed by atoms with van der Waals surface area (Å²) < 4.78 is 15.3. The average molecular weight is 378 g/mol. The maximum absolute atomic E-state index is 13.3. The van der Waals surface area contributed by atoms with E-state index < -0.39 is 0 Å². The van der Waals surface area contributed by atoms with E-state index in [0.717, 1.165) is 42.1 Å². The van der Waals surface area contributed by atoms with Crippen molar-refractivity contribution in [3.05, 3.63) is 89.0 Å². The highest BCUT2D eigenvalue weighted by molar-refractivity contribution is 5.77. The average Bonchev–Trinajstić information content (AvgIpc) is 3.15. The molecule has 0 saturated carbocycles. The van der Waals surface area contributed by atoms with Gasteiger partial charge < -0.3 is 10.6 Å².